The van der Waals surface area contributed by atoms with Crippen molar-refractivity contribution in [1.29, 1.82) is 0 Å². The molecule has 9 heteroatoms. The third-order valence-electron chi connectivity index (χ3n) is 6.24. The van der Waals surface area contributed by atoms with Crippen LogP contribution in [0.2, 0.25) is 0 Å². The number of carbonyl (C=O) groups is 1. The highest BCUT2D eigenvalue weighted by Crippen LogP contribution is 2.33. The summed E-state index contributed by atoms with van der Waals surface area (Å²) in [6, 6.07) is 13.3. The third kappa shape index (κ3) is 4.25. The Hall–Kier alpha value is -3.04. The summed E-state index contributed by atoms with van der Waals surface area (Å²) in [6.45, 7) is 6.09. The average molecular weight is 495 g/mol. The largest absolute Gasteiger partial charge is 0.322 e. The van der Waals surface area contributed by atoms with Crippen molar-refractivity contribution in [3.8, 4) is 10.6 Å². The highest BCUT2D eigenvalue weighted by Gasteiger charge is 2.32. The van der Waals surface area contributed by atoms with E-state index in [9.17, 15) is 13.2 Å². The number of fused-ring (bicyclic) bond motifs is 1. The van der Waals surface area contributed by atoms with E-state index in [2.05, 4.69) is 24.3 Å². The molecule has 4 heterocycles. The van der Waals surface area contributed by atoms with Crippen molar-refractivity contribution in [3.63, 3.8) is 0 Å². The summed E-state index contributed by atoms with van der Waals surface area (Å²) in [7, 11) is -3.10. The molecule has 34 heavy (non-hydrogen) atoms. The van der Waals surface area contributed by atoms with Gasteiger partial charge in [0.25, 0.3) is 5.91 Å². The lowest BCUT2D eigenvalue weighted by atomic mass is 10.0. The molecule has 1 aliphatic heterocycles. The van der Waals surface area contributed by atoms with Gasteiger partial charge in [-0.1, -0.05) is 32.0 Å². The maximum atomic E-state index is 13.5. The van der Waals surface area contributed by atoms with Gasteiger partial charge in [-0.25, -0.2) is 18.1 Å². The van der Waals surface area contributed by atoms with Gasteiger partial charge in [0, 0.05) is 5.69 Å². The van der Waals surface area contributed by atoms with Crippen LogP contribution in [0.25, 0.3) is 21.6 Å². The van der Waals surface area contributed by atoms with Crippen LogP contribution in [-0.4, -0.2) is 40.6 Å². The molecule has 0 aliphatic carbocycles. The summed E-state index contributed by atoms with van der Waals surface area (Å²) in [5.41, 5.74) is 4.27. The Bertz CT molecular complexity index is 1470. The van der Waals surface area contributed by atoms with Crippen LogP contribution >= 0.6 is 11.3 Å². The maximum absolute atomic E-state index is 13.5. The van der Waals surface area contributed by atoms with E-state index in [4.69, 9.17) is 4.98 Å². The lowest BCUT2D eigenvalue weighted by Gasteiger charge is -2.12. The van der Waals surface area contributed by atoms with Crippen LogP contribution in [0.5, 0.6) is 0 Å². The van der Waals surface area contributed by atoms with Crippen molar-refractivity contribution in [2.75, 3.05) is 16.8 Å². The highest BCUT2D eigenvalue weighted by atomic mass is 32.2. The Morgan fingerprint density at radius 1 is 1.21 bits per heavy atom. The topological polar surface area (TPSA) is 93.9 Å². The first-order valence-corrected chi connectivity index (χ1v) is 14.0. The molecule has 1 fully saturated rings. The number of amides is 1. The number of pyridine rings is 1. The molecule has 0 saturated carbocycles. The van der Waals surface area contributed by atoms with E-state index in [1.165, 1.54) is 16.9 Å². The summed E-state index contributed by atoms with van der Waals surface area (Å²) in [5, 5.41) is 10.3. The molecule has 4 aromatic rings. The molecule has 1 aliphatic rings. The van der Waals surface area contributed by atoms with Crippen molar-refractivity contribution >= 4 is 43.8 Å². The molecule has 0 unspecified atom stereocenters. The lowest BCUT2D eigenvalue weighted by molar-refractivity contribution is 0.102. The Kier molecular flexibility index (Phi) is 5.77. The minimum absolute atomic E-state index is 0.0395. The summed E-state index contributed by atoms with van der Waals surface area (Å²) in [4.78, 5) is 19.3. The Labute approximate surface area is 202 Å². The fourth-order valence-corrected chi connectivity index (χ4v) is 6.79. The first kappa shape index (κ1) is 22.7. The van der Waals surface area contributed by atoms with Gasteiger partial charge < -0.3 is 5.32 Å². The van der Waals surface area contributed by atoms with Crippen LogP contribution in [-0.2, 0) is 9.84 Å². The lowest BCUT2D eigenvalue weighted by Crippen LogP contribution is -2.15. The summed E-state index contributed by atoms with van der Waals surface area (Å²) < 4.78 is 26.0. The maximum Gasteiger partial charge on any atom is 0.256 e. The fraction of sp³-hybridized carbons (Fsp3) is 0.320. The van der Waals surface area contributed by atoms with Crippen molar-refractivity contribution < 1.29 is 13.2 Å². The number of sulfone groups is 1. The number of thiophene rings is 1. The van der Waals surface area contributed by atoms with E-state index in [1.54, 1.807) is 10.7 Å². The number of aromatic nitrogens is 3. The monoisotopic (exact) mass is 494 g/mol. The second kappa shape index (κ2) is 8.63. The predicted octanol–water partition coefficient (Wildman–Crippen LogP) is 5.20. The highest BCUT2D eigenvalue weighted by molar-refractivity contribution is 7.91. The molecule has 1 amide bonds. The third-order valence-corrected chi connectivity index (χ3v) is 8.89. The minimum atomic E-state index is -3.10. The number of hydrogen-bond acceptors (Lipinski definition) is 6. The zero-order valence-electron chi connectivity index (χ0n) is 19.3. The number of nitrogens with one attached hydrogen (secondary N) is 1. The average Bonchev–Trinajstić information content (AvgIpc) is 3.53. The Morgan fingerprint density at radius 2 is 1.97 bits per heavy atom. The van der Waals surface area contributed by atoms with Gasteiger partial charge in [-0.15, -0.1) is 11.3 Å². The SMILES string of the molecule is Cc1nn([C@H]2CCS(=O)(=O)C2)c2nc(-c3cccs3)cc(C(=O)Nc3ccc(C(C)C)cc3)c12. The van der Waals surface area contributed by atoms with Crippen LogP contribution in [0.15, 0.2) is 47.8 Å². The molecule has 1 saturated heterocycles. The molecule has 0 radical (unpaired) electrons. The van der Waals surface area contributed by atoms with Crippen molar-refractivity contribution in [3.05, 3.63) is 64.7 Å². The van der Waals surface area contributed by atoms with Gasteiger partial charge in [-0.2, -0.15) is 5.10 Å². The van der Waals surface area contributed by atoms with E-state index < -0.39 is 9.84 Å². The second-order valence-electron chi connectivity index (χ2n) is 9.05. The molecule has 0 bridgehead atoms. The van der Waals surface area contributed by atoms with E-state index in [0.717, 1.165) is 4.88 Å². The molecule has 1 aromatic carbocycles. The van der Waals surface area contributed by atoms with Crippen LogP contribution < -0.4 is 5.32 Å². The standard InChI is InChI=1S/C25H26N4O3S2/c1-15(2)17-6-8-18(9-7-17)26-25(30)20-13-21(22-5-4-11-33-22)27-24-23(20)16(3)28-29(24)19-10-12-34(31,32)14-19/h4-9,11,13,15,19H,10,12,14H2,1-3H3,(H,26,30)/t19-/m0/s1. The van der Waals surface area contributed by atoms with Gasteiger partial charge in [-0.3, -0.25) is 4.79 Å². The number of carbonyl (C=O) groups excluding carboxylic acids is 1. The molecular weight excluding hydrogens is 468 g/mol. The van der Waals surface area contributed by atoms with Gasteiger partial charge in [0.15, 0.2) is 15.5 Å². The number of hydrogen-bond donors (Lipinski definition) is 1. The molecule has 176 valence electrons. The zero-order chi connectivity index (χ0) is 24.0. The van der Waals surface area contributed by atoms with Gasteiger partial charge in [0.05, 0.1) is 44.8 Å². The van der Waals surface area contributed by atoms with Gasteiger partial charge in [0.1, 0.15) is 0 Å². The number of aryl methyl sites for hydroxylation is 1. The van der Waals surface area contributed by atoms with Crippen LogP contribution in [0.1, 0.15) is 53.8 Å². The van der Waals surface area contributed by atoms with E-state index >= 15 is 0 Å². The summed E-state index contributed by atoms with van der Waals surface area (Å²) >= 11 is 1.54. The molecular formula is C25H26N4O3S2. The quantitative estimate of drug-likeness (QED) is 0.411. The molecule has 3 aromatic heterocycles. The Balaban J connectivity index is 1.61. The van der Waals surface area contributed by atoms with E-state index in [0.29, 0.717) is 46.0 Å². The molecule has 1 N–H and O–H groups in total. The normalized spacial score (nSPS) is 17.5. The van der Waals surface area contributed by atoms with E-state index in [1.807, 2.05) is 48.7 Å². The van der Waals surface area contributed by atoms with Crippen molar-refractivity contribution in [1.82, 2.24) is 14.8 Å². The van der Waals surface area contributed by atoms with E-state index in [-0.39, 0.29) is 23.5 Å². The smallest absolute Gasteiger partial charge is 0.256 e. The van der Waals surface area contributed by atoms with Crippen LogP contribution in [0.3, 0.4) is 0 Å². The zero-order valence-corrected chi connectivity index (χ0v) is 20.9. The minimum Gasteiger partial charge on any atom is -0.322 e. The number of nitrogens with zero attached hydrogens (tertiary/aromatic N) is 3. The number of benzene rings is 1. The molecule has 1 atom stereocenters. The fourth-order valence-electron chi connectivity index (χ4n) is 4.42. The second-order valence-corrected chi connectivity index (χ2v) is 12.2. The van der Waals surface area contributed by atoms with Crippen molar-refractivity contribution in [2.24, 2.45) is 0 Å². The van der Waals surface area contributed by atoms with Gasteiger partial charge in [-0.05, 0) is 54.5 Å². The number of rotatable bonds is 5. The molecule has 7 nitrogen and oxygen atoms in total. The first-order valence-electron chi connectivity index (χ1n) is 11.3. The van der Waals surface area contributed by atoms with Gasteiger partial charge >= 0.3 is 0 Å². The van der Waals surface area contributed by atoms with Crippen LogP contribution in [0.4, 0.5) is 5.69 Å². The summed E-state index contributed by atoms with van der Waals surface area (Å²) in [6.07, 6.45) is 0.493. The Morgan fingerprint density at radius 3 is 2.59 bits per heavy atom. The van der Waals surface area contributed by atoms with Crippen LogP contribution in [0, 0.1) is 6.92 Å². The molecule has 0 spiro atoms. The first-order chi connectivity index (χ1) is 16.2. The molecule has 5 rings (SSSR count). The van der Waals surface area contributed by atoms with Gasteiger partial charge in [0.2, 0.25) is 0 Å². The number of anilines is 1. The predicted molar refractivity (Wildman–Crippen MR) is 136 cm³/mol. The van der Waals surface area contributed by atoms with Crippen molar-refractivity contribution in [2.45, 2.75) is 39.2 Å². The summed E-state index contributed by atoms with van der Waals surface area (Å²) in [5.74, 6) is 0.343.